The highest BCUT2D eigenvalue weighted by Crippen LogP contribution is 2.16. The fourth-order valence-corrected chi connectivity index (χ4v) is 1.64. The molecule has 120 valence electrons. The van der Waals surface area contributed by atoms with Crippen LogP contribution in [0.2, 0.25) is 0 Å². The van der Waals surface area contributed by atoms with E-state index in [1.165, 1.54) is 31.4 Å². The van der Waals surface area contributed by atoms with Crippen LogP contribution in [0.15, 0.2) is 24.3 Å². The van der Waals surface area contributed by atoms with E-state index < -0.39 is 29.7 Å². The molecule has 1 atom stereocenters. The van der Waals surface area contributed by atoms with E-state index in [0.29, 0.717) is 5.56 Å². The van der Waals surface area contributed by atoms with Crippen LogP contribution in [0.3, 0.4) is 0 Å². The molecule has 0 fully saturated rings. The van der Waals surface area contributed by atoms with E-state index in [4.69, 9.17) is 4.74 Å². The van der Waals surface area contributed by atoms with Crippen LogP contribution in [0, 0.1) is 0 Å². The molecule has 0 radical (unpaired) electrons. The van der Waals surface area contributed by atoms with Crippen molar-refractivity contribution in [3.63, 3.8) is 0 Å². The third-order valence-electron chi connectivity index (χ3n) is 2.57. The molecule has 0 bridgehead atoms. The number of carbonyl (C=O) groups excluding carboxylic acids is 2. The summed E-state index contributed by atoms with van der Waals surface area (Å²) in [5, 5.41) is 11.5. The summed E-state index contributed by atoms with van der Waals surface area (Å²) in [4.78, 5) is 34.3. The van der Waals surface area contributed by atoms with Gasteiger partial charge in [-0.15, -0.1) is 0 Å². The first-order valence-electron chi connectivity index (χ1n) is 6.54. The summed E-state index contributed by atoms with van der Waals surface area (Å²) >= 11 is 0. The van der Waals surface area contributed by atoms with Crippen molar-refractivity contribution < 1.29 is 29.0 Å². The summed E-state index contributed by atoms with van der Waals surface area (Å²) in [6.45, 7) is 5.02. The molecular weight excluding hydrogens is 290 g/mol. The lowest BCUT2D eigenvalue weighted by atomic mass is 10.1. The third-order valence-corrected chi connectivity index (χ3v) is 2.57. The molecule has 0 spiro atoms. The molecule has 1 unspecified atom stereocenters. The summed E-state index contributed by atoms with van der Waals surface area (Å²) in [6, 6.07) is 4.44. The number of amides is 1. The van der Waals surface area contributed by atoms with Crippen LogP contribution in [0.1, 0.15) is 42.7 Å². The second kappa shape index (κ2) is 6.93. The van der Waals surface area contributed by atoms with Gasteiger partial charge in [0.25, 0.3) is 0 Å². The lowest BCUT2D eigenvalue weighted by molar-refractivity contribution is -0.139. The normalized spacial score (nSPS) is 12.2. The van der Waals surface area contributed by atoms with E-state index in [1.54, 1.807) is 20.8 Å². The van der Waals surface area contributed by atoms with Crippen molar-refractivity contribution in [2.75, 3.05) is 7.11 Å². The van der Waals surface area contributed by atoms with E-state index in [9.17, 15) is 19.5 Å². The van der Waals surface area contributed by atoms with Crippen LogP contribution >= 0.6 is 0 Å². The Morgan fingerprint density at radius 2 is 1.68 bits per heavy atom. The Balaban J connectivity index is 2.90. The van der Waals surface area contributed by atoms with Crippen LogP contribution in [-0.2, 0) is 14.3 Å². The first kappa shape index (κ1) is 17.5. The number of hydrogen-bond acceptors (Lipinski definition) is 5. The molecule has 7 heteroatoms. The maximum atomic E-state index is 11.7. The molecule has 1 aromatic carbocycles. The molecule has 0 heterocycles. The van der Waals surface area contributed by atoms with E-state index in [1.807, 2.05) is 0 Å². The van der Waals surface area contributed by atoms with Crippen molar-refractivity contribution in [3.05, 3.63) is 35.4 Å². The molecule has 7 nitrogen and oxygen atoms in total. The Hall–Kier alpha value is -2.57. The van der Waals surface area contributed by atoms with Gasteiger partial charge in [-0.1, -0.05) is 12.1 Å². The Morgan fingerprint density at radius 1 is 1.14 bits per heavy atom. The summed E-state index contributed by atoms with van der Waals surface area (Å²) in [7, 11) is 1.25. The summed E-state index contributed by atoms with van der Waals surface area (Å²) < 4.78 is 9.59. The highest BCUT2D eigenvalue weighted by molar-refractivity contribution is 5.89. The number of nitrogens with one attached hydrogen (secondary N) is 1. The number of rotatable bonds is 4. The van der Waals surface area contributed by atoms with Crippen molar-refractivity contribution in [3.8, 4) is 0 Å². The Kier molecular flexibility index (Phi) is 5.50. The van der Waals surface area contributed by atoms with Gasteiger partial charge in [0.05, 0.1) is 12.7 Å². The monoisotopic (exact) mass is 309 g/mol. The number of carboxylic acid groups (broad SMARTS) is 1. The highest BCUT2D eigenvalue weighted by Gasteiger charge is 2.25. The van der Waals surface area contributed by atoms with Gasteiger partial charge >= 0.3 is 18.0 Å². The molecule has 0 aliphatic rings. The average molecular weight is 309 g/mol. The minimum atomic E-state index is -1.28. The molecule has 2 N–H and O–H groups in total. The summed E-state index contributed by atoms with van der Waals surface area (Å²) in [6.07, 6.45) is -0.836. The molecule has 1 amide bonds. The van der Waals surface area contributed by atoms with Crippen molar-refractivity contribution in [2.45, 2.75) is 32.4 Å². The van der Waals surface area contributed by atoms with Gasteiger partial charge in [-0.05, 0) is 38.5 Å². The molecule has 0 aliphatic carbocycles. The predicted molar refractivity (Wildman–Crippen MR) is 77.5 cm³/mol. The van der Waals surface area contributed by atoms with Crippen molar-refractivity contribution >= 4 is 18.0 Å². The quantitative estimate of drug-likeness (QED) is 0.826. The number of benzene rings is 1. The lowest BCUT2D eigenvalue weighted by Gasteiger charge is -2.22. The van der Waals surface area contributed by atoms with Crippen molar-refractivity contribution in [1.29, 1.82) is 0 Å². The highest BCUT2D eigenvalue weighted by atomic mass is 16.6. The number of aliphatic carboxylic acids is 1. The molecule has 0 aliphatic heterocycles. The first-order chi connectivity index (χ1) is 10.1. The fourth-order valence-electron chi connectivity index (χ4n) is 1.64. The lowest BCUT2D eigenvalue weighted by Crippen LogP contribution is -2.38. The average Bonchev–Trinajstić information content (AvgIpc) is 2.42. The fraction of sp³-hybridized carbons (Fsp3) is 0.400. The van der Waals surface area contributed by atoms with Gasteiger partial charge in [0.15, 0.2) is 6.04 Å². The van der Waals surface area contributed by atoms with Gasteiger partial charge in [-0.2, -0.15) is 0 Å². The molecule has 0 saturated carbocycles. The van der Waals surface area contributed by atoms with E-state index >= 15 is 0 Å². The van der Waals surface area contributed by atoms with Crippen LogP contribution in [0.25, 0.3) is 0 Å². The molecule has 0 aromatic heterocycles. The Labute approximate surface area is 128 Å². The molecule has 1 rings (SSSR count). The second-order valence-electron chi connectivity index (χ2n) is 5.53. The number of carboxylic acids is 1. The molecular formula is C15H19NO6. The number of ether oxygens (including phenoxy) is 2. The molecule has 0 saturated heterocycles. The SMILES string of the molecule is COC(=O)c1ccc(C(NC(=O)OC(C)(C)C)C(=O)O)cc1. The molecule has 1 aromatic rings. The zero-order chi connectivity index (χ0) is 16.9. The molecule has 22 heavy (non-hydrogen) atoms. The van der Waals surface area contributed by atoms with Gasteiger partial charge < -0.3 is 19.9 Å². The van der Waals surface area contributed by atoms with Crippen molar-refractivity contribution in [2.24, 2.45) is 0 Å². The number of methoxy groups -OCH3 is 1. The number of carbonyl (C=O) groups is 3. The maximum Gasteiger partial charge on any atom is 0.408 e. The topological polar surface area (TPSA) is 102 Å². The number of esters is 1. The van der Waals surface area contributed by atoms with Gasteiger partial charge in [0.1, 0.15) is 5.60 Å². The van der Waals surface area contributed by atoms with Crippen molar-refractivity contribution in [1.82, 2.24) is 5.32 Å². The van der Waals surface area contributed by atoms with E-state index in [0.717, 1.165) is 0 Å². The maximum absolute atomic E-state index is 11.7. The van der Waals surface area contributed by atoms with Crippen LogP contribution in [0.5, 0.6) is 0 Å². The van der Waals surface area contributed by atoms with Crippen LogP contribution in [0.4, 0.5) is 4.79 Å². The van der Waals surface area contributed by atoms with Crippen LogP contribution < -0.4 is 5.32 Å². The predicted octanol–water partition coefficient (Wildman–Crippen LogP) is 2.12. The largest absolute Gasteiger partial charge is 0.479 e. The third kappa shape index (κ3) is 5.08. The Bertz CT molecular complexity index is 558. The zero-order valence-electron chi connectivity index (χ0n) is 12.9. The Morgan fingerprint density at radius 3 is 2.09 bits per heavy atom. The summed E-state index contributed by atoms with van der Waals surface area (Å²) in [5.74, 6) is -1.77. The van der Waals surface area contributed by atoms with Gasteiger partial charge in [0.2, 0.25) is 0 Å². The standard InChI is InChI=1S/C15H19NO6/c1-15(2,3)22-14(20)16-11(12(17)18)9-5-7-10(8-6-9)13(19)21-4/h5-8,11H,1-4H3,(H,16,20)(H,17,18). The van der Waals surface area contributed by atoms with Gasteiger partial charge in [-0.3, -0.25) is 0 Å². The summed E-state index contributed by atoms with van der Waals surface area (Å²) in [5.41, 5.74) is -0.138. The number of hydrogen-bond donors (Lipinski definition) is 2. The first-order valence-corrected chi connectivity index (χ1v) is 6.54. The number of alkyl carbamates (subject to hydrolysis) is 1. The minimum absolute atomic E-state index is 0.285. The smallest absolute Gasteiger partial charge is 0.408 e. The van der Waals surface area contributed by atoms with Gasteiger partial charge in [-0.25, -0.2) is 14.4 Å². The minimum Gasteiger partial charge on any atom is -0.479 e. The van der Waals surface area contributed by atoms with Crippen LogP contribution in [-0.4, -0.2) is 35.8 Å². The van der Waals surface area contributed by atoms with Gasteiger partial charge in [0, 0.05) is 0 Å². The zero-order valence-corrected chi connectivity index (χ0v) is 12.9. The van der Waals surface area contributed by atoms with E-state index in [-0.39, 0.29) is 5.56 Å². The van der Waals surface area contributed by atoms with E-state index in [2.05, 4.69) is 10.1 Å². The second-order valence-corrected chi connectivity index (χ2v) is 5.53.